The van der Waals surface area contributed by atoms with E-state index in [9.17, 15) is 4.79 Å². The molecule has 2 heterocycles. The van der Waals surface area contributed by atoms with Crippen molar-refractivity contribution in [1.29, 1.82) is 0 Å². The SMILES string of the molecule is C=CC1=C(C=C)CC2(CCc3c(N(C)C(C)=O)cc4c(nc(C)n4C)c3N2)C1. The minimum Gasteiger partial charge on any atom is -0.377 e. The number of amides is 1. The monoisotopic (exact) mass is 376 g/mol. The first kappa shape index (κ1) is 18.5. The predicted molar refractivity (Wildman–Crippen MR) is 116 cm³/mol. The highest BCUT2D eigenvalue weighted by Gasteiger charge is 2.41. The van der Waals surface area contributed by atoms with Crippen molar-refractivity contribution in [1.82, 2.24) is 9.55 Å². The number of benzene rings is 1. The van der Waals surface area contributed by atoms with Crippen LogP contribution in [0.1, 0.15) is 37.6 Å². The molecule has 4 rings (SSSR count). The van der Waals surface area contributed by atoms with Gasteiger partial charge < -0.3 is 14.8 Å². The van der Waals surface area contributed by atoms with E-state index in [1.807, 2.05) is 33.2 Å². The molecule has 2 aliphatic rings. The van der Waals surface area contributed by atoms with Crippen LogP contribution in [0.2, 0.25) is 0 Å². The fourth-order valence-electron chi connectivity index (χ4n) is 4.70. The summed E-state index contributed by atoms with van der Waals surface area (Å²) in [5.41, 5.74) is 7.77. The lowest BCUT2D eigenvalue weighted by atomic mass is 9.82. The lowest BCUT2D eigenvalue weighted by Crippen LogP contribution is -2.40. The molecule has 28 heavy (non-hydrogen) atoms. The van der Waals surface area contributed by atoms with Gasteiger partial charge in [0.1, 0.15) is 11.3 Å². The minimum absolute atomic E-state index is 0.0335. The molecule has 0 fully saturated rings. The largest absolute Gasteiger partial charge is 0.377 e. The highest BCUT2D eigenvalue weighted by Crippen LogP contribution is 2.48. The average Bonchev–Trinajstić information content (AvgIpc) is 3.18. The van der Waals surface area contributed by atoms with E-state index in [2.05, 4.69) is 29.1 Å². The van der Waals surface area contributed by atoms with E-state index in [0.29, 0.717) is 0 Å². The van der Waals surface area contributed by atoms with Crippen molar-refractivity contribution < 1.29 is 4.79 Å². The number of allylic oxidation sites excluding steroid dienone is 2. The van der Waals surface area contributed by atoms with Gasteiger partial charge in [0, 0.05) is 32.1 Å². The summed E-state index contributed by atoms with van der Waals surface area (Å²) in [6.07, 6.45) is 7.72. The maximum absolute atomic E-state index is 12.1. The molecule has 0 radical (unpaired) electrons. The minimum atomic E-state index is -0.0359. The molecule has 0 bridgehead atoms. The smallest absolute Gasteiger partial charge is 0.223 e. The van der Waals surface area contributed by atoms with Gasteiger partial charge in [0.15, 0.2) is 0 Å². The van der Waals surface area contributed by atoms with Gasteiger partial charge in [0.25, 0.3) is 0 Å². The fourth-order valence-corrected chi connectivity index (χ4v) is 4.70. The van der Waals surface area contributed by atoms with Gasteiger partial charge in [-0.05, 0) is 49.8 Å². The van der Waals surface area contributed by atoms with Gasteiger partial charge in [-0.2, -0.15) is 0 Å². The zero-order valence-electron chi connectivity index (χ0n) is 17.2. The Bertz CT molecular complexity index is 1040. The maximum Gasteiger partial charge on any atom is 0.223 e. The average molecular weight is 377 g/mol. The van der Waals surface area contributed by atoms with Crippen molar-refractivity contribution in [3.8, 4) is 0 Å². The third-order valence-corrected chi connectivity index (χ3v) is 6.52. The molecule has 1 aromatic carbocycles. The number of aryl methyl sites for hydroxylation is 2. The van der Waals surface area contributed by atoms with Crippen LogP contribution in [0.15, 0.2) is 42.5 Å². The third kappa shape index (κ3) is 2.60. The standard InChI is InChI=1S/C23H28N4O/c1-7-16-12-23(13-17(16)8-2)10-9-18-19(27(6)15(4)28)11-20-22(21(18)25-23)24-14(3)26(20)5/h7-8,11,25H,1-2,9-10,12-13H2,3-6H3. The van der Waals surface area contributed by atoms with Gasteiger partial charge in [-0.1, -0.05) is 25.3 Å². The number of hydrogen-bond acceptors (Lipinski definition) is 3. The number of imidazole rings is 1. The van der Waals surface area contributed by atoms with Crippen molar-refractivity contribution in [2.24, 2.45) is 7.05 Å². The van der Waals surface area contributed by atoms with Crippen LogP contribution in [0.5, 0.6) is 0 Å². The van der Waals surface area contributed by atoms with Crippen LogP contribution < -0.4 is 10.2 Å². The first-order valence-electron chi connectivity index (χ1n) is 9.78. The lowest BCUT2D eigenvalue weighted by molar-refractivity contribution is -0.116. The van der Waals surface area contributed by atoms with Crippen LogP contribution in [0.3, 0.4) is 0 Å². The van der Waals surface area contributed by atoms with E-state index in [1.165, 1.54) is 16.7 Å². The molecular formula is C23H28N4O. The Hall–Kier alpha value is -2.82. The summed E-state index contributed by atoms with van der Waals surface area (Å²) in [5.74, 6) is 0.996. The summed E-state index contributed by atoms with van der Waals surface area (Å²) in [5, 5.41) is 3.87. The van der Waals surface area contributed by atoms with Crippen molar-refractivity contribution in [2.45, 2.75) is 45.1 Å². The summed E-state index contributed by atoms with van der Waals surface area (Å²) in [7, 11) is 3.87. The molecule has 5 nitrogen and oxygen atoms in total. The predicted octanol–water partition coefficient (Wildman–Crippen LogP) is 4.42. The Morgan fingerprint density at radius 1 is 1.32 bits per heavy atom. The Labute approximate surface area is 166 Å². The van der Waals surface area contributed by atoms with E-state index < -0.39 is 0 Å². The normalized spacial score (nSPS) is 17.6. The number of fused-ring (bicyclic) bond motifs is 3. The summed E-state index contributed by atoms with van der Waals surface area (Å²) in [6.45, 7) is 11.6. The molecule has 1 amide bonds. The topological polar surface area (TPSA) is 50.2 Å². The molecular weight excluding hydrogens is 348 g/mol. The molecule has 1 aromatic heterocycles. The number of hydrogen-bond donors (Lipinski definition) is 1. The second kappa shape index (κ2) is 6.36. The van der Waals surface area contributed by atoms with Crippen molar-refractivity contribution in [3.63, 3.8) is 0 Å². The summed E-state index contributed by atoms with van der Waals surface area (Å²) in [6, 6.07) is 2.10. The molecule has 0 unspecified atom stereocenters. The van der Waals surface area contributed by atoms with Crippen LogP contribution in [0, 0.1) is 6.92 Å². The van der Waals surface area contributed by atoms with Gasteiger partial charge in [-0.3, -0.25) is 4.79 Å². The number of anilines is 2. The van der Waals surface area contributed by atoms with Crippen LogP contribution in [-0.4, -0.2) is 28.0 Å². The van der Waals surface area contributed by atoms with E-state index in [-0.39, 0.29) is 11.4 Å². The second-order valence-electron chi connectivity index (χ2n) is 8.13. The molecule has 1 aliphatic carbocycles. The summed E-state index contributed by atoms with van der Waals surface area (Å²) in [4.78, 5) is 18.7. The number of aromatic nitrogens is 2. The van der Waals surface area contributed by atoms with E-state index in [0.717, 1.165) is 53.9 Å². The Kier molecular flexibility index (Phi) is 4.21. The molecule has 1 N–H and O–H groups in total. The maximum atomic E-state index is 12.1. The zero-order valence-corrected chi connectivity index (χ0v) is 17.2. The van der Waals surface area contributed by atoms with E-state index in [1.54, 1.807) is 11.8 Å². The molecule has 0 saturated heterocycles. The highest BCUT2D eigenvalue weighted by atomic mass is 16.2. The van der Waals surface area contributed by atoms with Gasteiger partial charge in [0.2, 0.25) is 5.91 Å². The number of rotatable bonds is 3. The zero-order chi connectivity index (χ0) is 20.2. The molecule has 5 heteroatoms. The summed E-state index contributed by atoms with van der Waals surface area (Å²) < 4.78 is 2.09. The highest BCUT2D eigenvalue weighted by molar-refractivity contribution is 6.01. The number of nitrogens with one attached hydrogen (secondary N) is 1. The van der Waals surface area contributed by atoms with Gasteiger partial charge in [-0.25, -0.2) is 4.98 Å². The van der Waals surface area contributed by atoms with Gasteiger partial charge in [0.05, 0.1) is 16.9 Å². The van der Waals surface area contributed by atoms with Crippen LogP contribution in [-0.2, 0) is 18.3 Å². The van der Waals surface area contributed by atoms with E-state index >= 15 is 0 Å². The third-order valence-electron chi connectivity index (χ3n) is 6.52. The van der Waals surface area contributed by atoms with Crippen LogP contribution in [0.4, 0.5) is 11.4 Å². The molecule has 0 atom stereocenters. The molecule has 1 aliphatic heterocycles. The number of carbonyl (C=O) groups excluding carboxylic acids is 1. The second-order valence-corrected chi connectivity index (χ2v) is 8.13. The Morgan fingerprint density at radius 3 is 2.54 bits per heavy atom. The van der Waals surface area contributed by atoms with Crippen molar-refractivity contribution in [2.75, 3.05) is 17.3 Å². The Morgan fingerprint density at radius 2 is 1.96 bits per heavy atom. The van der Waals surface area contributed by atoms with Crippen molar-refractivity contribution in [3.05, 3.63) is 53.9 Å². The van der Waals surface area contributed by atoms with Gasteiger partial charge >= 0.3 is 0 Å². The van der Waals surface area contributed by atoms with Gasteiger partial charge in [-0.15, -0.1) is 0 Å². The van der Waals surface area contributed by atoms with Crippen molar-refractivity contribution >= 4 is 28.3 Å². The first-order chi connectivity index (χ1) is 13.3. The molecule has 2 aromatic rings. The lowest BCUT2D eigenvalue weighted by Gasteiger charge is -2.39. The molecule has 1 spiro atoms. The Balaban J connectivity index is 1.88. The van der Waals surface area contributed by atoms with E-state index in [4.69, 9.17) is 4.98 Å². The van der Waals surface area contributed by atoms with Crippen LogP contribution >= 0.6 is 0 Å². The quantitative estimate of drug-likeness (QED) is 0.862. The summed E-state index contributed by atoms with van der Waals surface area (Å²) >= 11 is 0. The fraction of sp³-hybridized carbons (Fsp3) is 0.391. The number of nitrogens with zero attached hydrogens (tertiary/aromatic N) is 3. The first-order valence-corrected chi connectivity index (χ1v) is 9.78. The molecule has 146 valence electrons. The molecule has 0 saturated carbocycles. The van der Waals surface area contributed by atoms with Crippen LogP contribution in [0.25, 0.3) is 11.0 Å². The number of carbonyl (C=O) groups is 1.